The summed E-state index contributed by atoms with van der Waals surface area (Å²) in [6.07, 6.45) is 4.31. The summed E-state index contributed by atoms with van der Waals surface area (Å²) < 4.78 is 9.19. The van der Waals surface area contributed by atoms with Crippen LogP contribution in [0.2, 0.25) is 0 Å². The summed E-state index contributed by atoms with van der Waals surface area (Å²) in [6.45, 7) is 1.29. The van der Waals surface area contributed by atoms with Crippen molar-refractivity contribution in [3.05, 3.63) is 88.5 Å². The number of nitrogens with zero attached hydrogens (tertiary/aromatic N) is 4. The van der Waals surface area contributed by atoms with Crippen LogP contribution in [0.1, 0.15) is 36.0 Å². The topological polar surface area (TPSA) is 73.3 Å². The number of imidazole rings is 1. The number of aromatic nitrogens is 3. The van der Waals surface area contributed by atoms with Gasteiger partial charge in [-0.25, -0.2) is 9.78 Å². The average Bonchev–Trinajstić information content (AvgIpc) is 3.39. The zero-order chi connectivity index (χ0) is 22.1. The molecule has 1 aliphatic rings. The zero-order valence-corrected chi connectivity index (χ0v) is 18.1. The summed E-state index contributed by atoms with van der Waals surface area (Å²) >= 11 is 0. The van der Waals surface area contributed by atoms with Crippen LogP contribution in [0.5, 0.6) is 0 Å². The van der Waals surface area contributed by atoms with Gasteiger partial charge >= 0.3 is 5.69 Å². The molecule has 1 atom stereocenters. The second-order valence-corrected chi connectivity index (χ2v) is 8.42. The van der Waals surface area contributed by atoms with Crippen molar-refractivity contribution in [3.63, 3.8) is 0 Å². The van der Waals surface area contributed by atoms with Gasteiger partial charge in [0.1, 0.15) is 12.3 Å². The molecule has 2 aromatic carbocycles. The molecule has 0 aliphatic carbocycles. The number of piperidine rings is 1. The van der Waals surface area contributed by atoms with Crippen molar-refractivity contribution in [3.8, 4) is 0 Å². The molecule has 3 heterocycles. The maximum Gasteiger partial charge on any atom is 0.329 e. The Morgan fingerprint density at radius 3 is 2.66 bits per heavy atom. The smallest absolute Gasteiger partial charge is 0.329 e. The van der Waals surface area contributed by atoms with E-state index in [2.05, 4.69) is 17.1 Å². The minimum atomic E-state index is -0.175. The van der Waals surface area contributed by atoms with Gasteiger partial charge in [-0.2, -0.15) is 0 Å². The Morgan fingerprint density at radius 2 is 1.84 bits per heavy atom. The number of carbonyl (C=O) groups is 1. The Hall–Kier alpha value is -3.61. The second-order valence-electron chi connectivity index (χ2n) is 8.42. The molecule has 0 unspecified atom stereocenters. The lowest BCUT2D eigenvalue weighted by Crippen LogP contribution is -2.42. The van der Waals surface area contributed by atoms with Crippen LogP contribution in [0, 0.1) is 0 Å². The van der Waals surface area contributed by atoms with Gasteiger partial charge in [0.25, 0.3) is 0 Å². The van der Waals surface area contributed by atoms with Crippen molar-refractivity contribution in [1.82, 2.24) is 19.0 Å². The number of likely N-dealkylation sites (tertiary alicyclic amines) is 1. The summed E-state index contributed by atoms with van der Waals surface area (Å²) in [5.74, 6) is 1.54. The summed E-state index contributed by atoms with van der Waals surface area (Å²) in [6, 6.07) is 17.7. The highest BCUT2D eigenvalue weighted by Crippen LogP contribution is 2.27. The molecule has 1 aliphatic heterocycles. The Labute approximate surface area is 185 Å². The Bertz CT molecular complexity index is 1300. The van der Waals surface area contributed by atoms with Gasteiger partial charge in [0.15, 0.2) is 5.89 Å². The molecule has 0 radical (unpaired) electrons. The maximum absolute atomic E-state index is 13.1. The van der Waals surface area contributed by atoms with Gasteiger partial charge in [0, 0.05) is 26.6 Å². The molecule has 1 saturated heterocycles. The van der Waals surface area contributed by atoms with Crippen molar-refractivity contribution in [2.24, 2.45) is 7.05 Å². The first-order valence-electron chi connectivity index (χ1n) is 11.0. The first-order chi connectivity index (χ1) is 15.6. The van der Waals surface area contributed by atoms with Crippen molar-refractivity contribution >= 4 is 16.9 Å². The number of para-hydroxylation sites is 2. The van der Waals surface area contributed by atoms with Gasteiger partial charge in [0.05, 0.1) is 23.1 Å². The number of aryl methyl sites for hydroxylation is 1. The van der Waals surface area contributed by atoms with Gasteiger partial charge in [-0.05, 0) is 30.5 Å². The van der Waals surface area contributed by atoms with Crippen molar-refractivity contribution in [2.75, 3.05) is 13.1 Å². The molecule has 7 heteroatoms. The number of carbonyl (C=O) groups excluding carboxylic acids is 1. The van der Waals surface area contributed by atoms with Gasteiger partial charge in [-0.15, -0.1) is 0 Å². The third-order valence-corrected chi connectivity index (χ3v) is 6.26. The van der Waals surface area contributed by atoms with Crippen LogP contribution in [0.3, 0.4) is 0 Å². The fraction of sp³-hybridized carbons (Fsp3) is 0.320. The number of oxazole rings is 1. The molecule has 1 amide bonds. The van der Waals surface area contributed by atoms with Crippen LogP contribution in [0.25, 0.3) is 11.0 Å². The quantitative estimate of drug-likeness (QED) is 0.487. The zero-order valence-electron chi connectivity index (χ0n) is 18.1. The normalized spacial score (nSPS) is 16.5. The monoisotopic (exact) mass is 430 g/mol. The van der Waals surface area contributed by atoms with E-state index < -0.39 is 0 Å². The number of benzene rings is 2. The van der Waals surface area contributed by atoms with Gasteiger partial charge < -0.3 is 9.32 Å². The minimum absolute atomic E-state index is 0.0394. The van der Waals surface area contributed by atoms with Crippen LogP contribution in [0.4, 0.5) is 0 Å². The Morgan fingerprint density at radius 1 is 1.09 bits per heavy atom. The number of fused-ring (bicyclic) bond motifs is 1. The molecule has 0 saturated carbocycles. The molecule has 4 aromatic rings. The lowest BCUT2D eigenvalue weighted by Gasteiger charge is -2.31. The van der Waals surface area contributed by atoms with E-state index in [1.165, 1.54) is 5.56 Å². The number of rotatable bonds is 5. The largest absolute Gasteiger partial charge is 0.445 e. The third-order valence-electron chi connectivity index (χ3n) is 6.26. The van der Waals surface area contributed by atoms with E-state index in [0.717, 1.165) is 29.6 Å². The van der Waals surface area contributed by atoms with E-state index >= 15 is 0 Å². The molecule has 0 bridgehead atoms. The van der Waals surface area contributed by atoms with Crippen molar-refractivity contribution in [1.29, 1.82) is 0 Å². The molecule has 0 N–H and O–H groups in total. The fourth-order valence-corrected chi connectivity index (χ4v) is 4.55. The summed E-state index contributed by atoms with van der Waals surface area (Å²) in [7, 11) is 1.73. The first-order valence-corrected chi connectivity index (χ1v) is 11.0. The number of hydrogen-bond donors (Lipinski definition) is 0. The lowest BCUT2D eigenvalue weighted by atomic mass is 9.98. The van der Waals surface area contributed by atoms with Crippen LogP contribution in [-0.2, 0) is 24.8 Å². The summed E-state index contributed by atoms with van der Waals surface area (Å²) in [5.41, 5.74) is 2.61. The number of hydrogen-bond acceptors (Lipinski definition) is 4. The highest BCUT2D eigenvalue weighted by Gasteiger charge is 2.28. The lowest BCUT2D eigenvalue weighted by molar-refractivity contribution is -0.133. The Kier molecular flexibility index (Phi) is 5.39. The van der Waals surface area contributed by atoms with Gasteiger partial charge in [0.2, 0.25) is 5.91 Å². The second kappa shape index (κ2) is 8.49. The molecule has 7 nitrogen and oxygen atoms in total. The van der Waals surface area contributed by atoms with Crippen molar-refractivity contribution < 1.29 is 9.21 Å². The van der Waals surface area contributed by atoms with Gasteiger partial charge in [-0.3, -0.25) is 13.9 Å². The highest BCUT2D eigenvalue weighted by atomic mass is 16.4. The fourth-order valence-electron chi connectivity index (χ4n) is 4.55. The highest BCUT2D eigenvalue weighted by molar-refractivity contribution is 5.81. The summed E-state index contributed by atoms with van der Waals surface area (Å²) in [4.78, 5) is 32.1. The van der Waals surface area contributed by atoms with E-state index in [-0.39, 0.29) is 24.1 Å². The minimum Gasteiger partial charge on any atom is -0.445 e. The van der Waals surface area contributed by atoms with E-state index in [9.17, 15) is 9.59 Å². The van der Waals surface area contributed by atoms with Crippen LogP contribution >= 0.6 is 0 Å². The third kappa shape index (κ3) is 3.86. The average molecular weight is 431 g/mol. The van der Waals surface area contributed by atoms with Crippen LogP contribution in [-0.4, -0.2) is 38.0 Å². The molecule has 2 aromatic heterocycles. The molecule has 5 rings (SSSR count). The van der Waals surface area contributed by atoms with E-state index in [1.54, 1.807) is 22.4 Å². The maximum atomic E-state index is 13.1. The first kappa shape index (κ1) is 20.3. The SMILES string of the molecule is Cn1c(=O)n(CC(=O)N2CCC[C@H](c3ncc(Cc4ccccc4)o3)C2)c2ccccc21. The number of amides is 1. The predicted octanol–water partition coefficient (Wildman–Crippen LogP) is 3.33. The molecule has 164 valence electrons. The van der Waals surface area contributed by atoms with Crippen LogP contribution in [0.15, 0.2) is 70.0 Å². The molecular weight excluding hydrogens is 404 g/mol. The molecule has 1 fully saturated rings. The molecule has 32 heavy (non-hydrogen) atoms. The van der Waals surface area contributed by atoms with Gasteiger partial charge in [-0.1, -0.05) is 42.5 Å². The molecular formula is C25H26N4O3. The predicted molar refractivity (Wildman–Crippen MR) is 121 cm³/mol. The van der Waals surface area contributed by atoms with E-state index in [1.807, 2.05) is 47.4 Å². The van der Waals surface area contributed by atoms with Crippen molar-refractivity contribution in [2.45, 2.75) is 31.7 Å². The molecule has 0 spiro atoms. The Balaban J connectivity index is 1.29. The van der Waals surface area contributed by atoms with E-state index in [0.29, 0.717) is 25.4 Å². The van der Waals surface area contributed by atoms with Crippen LogP contribution < -0.4 is 5.69 Å². The summed E-state index contributed by atoms with van der Waals surface area (Å²) in [5, 5.41) is 0. The standard InChI is InChI=1S/C25H26N4O3/c1-27-21-11-5-6-12-22(21)29(25(27)31)17-23(30)28-13-7-10-19(16-28)24-26-15-20(32-24)14-18-8-3-2-4-9-18/h2-6,8-9,11-12,15,19H,7,10,13-14,16-17H2,1H3/t19-/m0/s1. The van der Waals surface area contributed by atoms with E-state index in [4.69, 9.17) is 4.42 Å².